The lowest BCUT2D eigenvalue weighted by Crippen LogP contribution is -2.35. The van der Waals surface area contributed by atoms with Gasteiger partial charge in [-0.15, -0.1) is 17.9 Å². The molecule has 0 spiro atoms. The van der Waals surface area contributed by atoms with Gasteiger partial charge in [0.1, 0.15) is 15.9 Å². The van der Waals surface area contributed by atoms with Crippen molar-refractivity contribution in [2.45, 2.75) is 26.9 Å². The van der Waals surface area contributed by atoms with Gasteiger partial charge in [-0.3, -0.25) is 9.36 Å². The highest BCUT2D eigenvalue weighted by molar-refractivity contribution is 7.20. The van der Waals surface area contributed by atoms with Gasteiger partial charge >= 0.3 is 0 Å². The molecule has 6 rings (SSSR count). The third-order valence-electron chi connectivity index (χ3n) is 7.15. The minimum absolute atomic E-state index is 0.0147. The van der Waals surface area contributed by atoms with Crippen LogP contribution >= 0.6 is 22.7 Å². The maximum atomic E-state index is 13.5. The van der Waals surface area contributed by atoms with E-state index in [0.29, 0.717) is 11.1 Å². The number of hydrogen-bond acceptors (Lipinski definition) is 4. The monoisotopic (exact) mass is 548 g/mol. The summed E-state index contributed by atoms with van der Waals surface area (Å²) in [5.41, 5.74) is 4.70. The van der Waals surface area contributed by atoms with Crippen molar-refractivity contribution in [2.75, 3.05) is 11.4 Å². The van der Waals surface area contributed by atoms with E-state index in [1.165, 1.54) is 43.6 Å². The first-order chi connectivity index (χ1) is 19.1. The van der Waals surface area contributed by atoms with E-state index in [4.69, 9.17) is 0 Å². The number of fused-ring (bicyclic) bond motifs is 4. The molecule has 3 heterocycles. The van der Waals surface area contributed by atoms with E-state index in [1.807, 2.05) is 10.6 Å². The van der Waals surface area contributed by atoms with Crippen LogP contribution in [-0.4, -0.2) is 11.1 Å². The summed E-state index contributed by atoms with van der Waals surface area (Å²) in [4.78, 5) is 15.7. The van der Waals surface area contributed by atoms with Crippen LogP contribution in [0.4, 0.5) is 5.69 Å². The Morgan fingerprint density at radius 1 is 0.974 bits per heavy atom. The highest BCUT2D eigenvalue weighted by atomic mass is 32.1. The first kappa shape index (κ1) is 25.3. The lowest BCUT2D eigenvalue weighted by atomic mass is 9.99. The Labute approximate surface area is 235 Å². The van der Waals surface area contributed by atoms with E-state index >= 15 is 0 Å². The van der Waals surface area contributed by atoms with Crippen molar-refractivity contribution in [1.82, 2.24) is 4.57 Å². The second-order valence-corrected chi connectivity index (χ2v) is 11.5. The second kappa shape index (κ2) is 10.6. The molecule has 6 heteroatoms. The van der Waals surface area contributed by atoms with Gasteiger partial charge in [-0.1, -0.05) is 66.0 Å². The number of allylic oxidation sites excluding steroid dienone is 4. The molecule has 0 fully saturated rings. The topological polar surface area (TPSA) is 29.1 Å². The van der Waals surface area contributed by atoms with Crippen molar-refractivity contribution in [1.29, 1.82) is 0 Å². The van der Waals surface area contributed by atoms with Crippen LogP contribution in [0, 0.1) is 0 Å². The minimum atomic E-state index is 0.0147. The number of hydrogen-bond donors (Lipinski definition) is 0. The number of rotatable bonds is 6. The van der Waals surface area contributed by atoms with Crippen LogP contribution in [0.3, 0.4) is 0 Å². The van der Waals surface area contributed by atoms with Crippen molar-refractivity contribution in [3.8, 4) is 0 Å². The van der Waals surface area contributed by atoms with Crippen molar-refractivity contribution >= 4 is 67.1 Å². The maximum absolute atomic E-state index is 13.5. The molecule has 0 unspecified atom stereocenters. The molecule has 39 heavy (non-hydrogen) atoms. The number of nitrogens with zero attached hydrogens (tertiary/aromatic N) is 3. The van der Waals surface area contributed by atoms with E-state index in [1.54, 1.807) is 17.4 Å². The molecule has 0 bridgehead atoms. The quantitative estimate of drug-likeness (QED) is 0.198. The van der Waals surface area contributed by atoms with Crippen LogP contribution in [0.2, 0.25) is 0 Å². The third-order valence-corrected chi connectivity index (χ3v) is 9.41. The predicted molar refractivity (Wildman–Crippen MR) is 168 cm³/mol. The Morgan fingerprint density at radius 2 is 1.79 bits per heavy atom. The van der Waals surface area contributed by atoms with Crippen LogP contribution in [0.15, 0.2) is 96.5 Å². The van der Waals surface area contributed by atoms with Crippen molar-refractivity contribution < 1.29 is 4.57 Å². The normalized spacial score (nSPS) is 15.1. The zero-order valence-corrected chi connectivity index (χ0v) is 23.8. The number of para-hydroxylation sites is 1. The smallest absolute Gasteiger partial charge is 0.269 e. The van der Waals surface area contributed by atoms with Crippen molar-refractivity contribution in [3.63, 3.8) is 0 Å². The lowest BCUT2D eigenvalue weighted by molar-refractivity contribution is -0.665. The van der Waals surface area contributed by atoms with Gasteiger partial charge in [0, 0.05) is 42.0 Å². The van der Waals surface area contributed by atoms with Gasteiger partial charge in [-0.2, -0.15) is 4.57 Å². The molecule has 5 aromatic rings. The molecular weight excluding hydrogens is 519 g/mol. The fourth-order valence-corrected chi connectivity index (χ4v) is 7.59. The van der Waals surface area contributed by atoms with Gasteiger partial charge in [-0.25, -0.2) is 0 Å². The predicted octanol–water partition coefficient (Wildman–Crippen LogP) is 5.82. The van der Waals surface area contributed by atoms with Gasteiger partial charge in [0.05, 0.1) is 10.6 Å². The van der Waals surface area contributed by atoms with Crippen LogP contribution < -0.4 is 24.2 Å². The fourth-order valence-electron chi connectivity index (χ4n) is 5.22. The van der Waals surface area contributed by atoms with Gasteiger partial charge in [0.15, 0.2) is 0 Å². The van der Waals surface area contributed by atoms with Gasteiger partial charge in [-0.05, 0) is 49.1 Å². The molecule has 0 aliphatic carbocycles. The fraction of sp³-hybridized carbons (Fsp3) is 0.152. The first-order valence-corrected chi connectivity index (χ1v) is 14.9. The second-order valence-electron chi connectivity index (χ2n) is 9.38. The van der Waals surface area contributed by atoms with E-state index in [2.05, 4.69) is 115 Å². The summed E-state index contributed by atoms with van der Waals surface area (Å²) in [6.07, 6.45) is 12.2. The van der Waals surface area contributed by atoms with Crippen molar-refractivity contribution in [2.24, 2.45) is 0 Å². The molecule has 0 radical (unpaired) electrons. The number of anilines is 1. The molecular formula is C33H30N3OS2+. The van der Waals surface area contributed by atoms with Gasteiger partial charge < -0.3 is 4.90 Å². The SMILES string of the molecule is C=CCn1c(=Cc2sc3c4ccccc4ccc3[n+]2CC)sc(=CC=C2C=CN(CC)c3ccccc32)c1=O. The average molecular weight is 549 g/mol. The van der Waals surface area contributed by atoms with Gasteiger partial charge in [0.25, 0.3) is 10.6 Å². The number of aromatic nitrogens is 2. The Balaban J connectivity index is 1.51. The summed E-state index contributed by atoms with van der Waals surface area (Å²) in [6.45, 7) is 10.5. The summed E-state index contributed by atoms with van der Waals surface area (Å²) < 4.78 is 7.08. The molecule has 1 aliphatic heterocycles. The molecule has 0 saturated heterocycles. The maximum Gasteiger partial charge on any atom is 0.269 e. The molecule has 0 atom stereocenters. The largest absolute Gasteiger partial charge is 0.348 e. The van der Waals surface area contributed by atoms with E-state index in [9.17, 15) is 4.79 Å². The molecule has 3 aromatic carbocycles. The standard InChI is InChI=1S/C33H30N3OS2/c1-4-20-36-31(22-30-35(6-3)28-17-15-23-11-7-8-13-26(23)32(28)39-30)38-29(33(36)37)18-16-24-19-21-34(5-2)27-14-10-9-12-25(24)27/h4,7-19,21-22H,1,5-6,20H2,2-3H3/q+1. The van der Waals surface area contributed by atoms with Crippen molar-refractivity contribution in [3.05, 3.63) is 122 Å². The zero-order chi connectivity index (χ0) is 26.9. The molecule has 2 aromatic heterocycles. The minimum Gasteiger partial charge on any atom is -0.348 e. The number of benzene rings is 3. The third kappa shape index (κ3) is 4.50. The van der Waals surface area contributed by atoms with Gasteiger partial charge in [0.2, 0.25) is 5.52 Å². The summed E-state index contributed by atoms with van der Waals surface area (Å²) in [5, 5.41) is 3.64. The Kier molecular flexibility index (Phi) is 6.90. The Morgan fingerprint density at radius 3 is 2.62 bits per heavy atom. The Bertz CT molecular complexity index is 1970. The van der Waals surface area contributed by atoms with Crippen LogP contribution in [-0.2, 0) is 13.1 Å². The average Bonchev–Trinajstić information content (AvgIpc) is 3.48. The van der Waals surface area contributed by atoms with E-state index in [0.717, 1.165) is 28.3 Å². The lowest BCUT2D eigenvalue weighted by Gasteiger charge is -2.26. The molecule has 0 saturated carbocycles. The summed E-state index contributed by atoms with van der Waals surface area (Å²) >= 11 is 3.32. The molecule has 4 nitrogen and oxygen atoms in total. The first-order valence-electron chi connectivity index (χ1n) is 13.3. The zero-order valence-electron chi connectivity index (χ0n) is 22.1. The molecule has 0 amide bonds. The molecule has 1 aliphatic rings. The van der Waals surface area contributed by atoms with Crippen LogP contribution in [0.25, 0.3) is 38.7 Å². The van der Waals surface area contributed by atoms with Crippen LogP contribution in [0.5, 0.6) is 0 Å². The number of thiazole rings is 2. The van der Waals surface area contributed by atoms with Crippen LogP contribution in [0.1, 0.15) is 24.4 Å². The summed E-state index contributed by atoms with van der Waals surface area (Å²) in [7, 11) is 0. The Hall–Kier alpha value is -4.00. The van der Waals surface area contributed by atoms with E-state index < -0.39 is 0 Å². The highest BCUT2D eigenvalue weighted by Gasteiger charge is 2.20. The molecule has 0 N–H and O–H groups in total. The number of aryl methyl sites for hydroxylation is 1. The molecule has 194 valence electrons. The van der Waals surface area contributed by atoms with E-state index in [-0.39, 0.29) is 5.56 Å². The summed E-state index contributed by atoms with van der Waals surface area (Å²) in [5.74, 6) is 0. The highest BCUT2D eigenvalue weighted by Crippen LogP contribution is 2.32. The summed E-state index contributed by atoms with van der Waals surface area (Å²) in [6, 6.07) is 21.3.